The largest absolute Gasteiger partial charge is 0.442 e. The molecule has 11 nitrogen and oxygen atoms in total. The lowest BCUT2D eigenvalue weighted by Crippen LogP contribution is -2.59. The summed E-state index contributed by atoms with van der Waals surface area (Å²) >= 11 is 0. The number of carbonyl (C=O) groups is 2. The molecule has 0 saturated heterocycles. The van der Waals surface area contributed by atoms with E-state index >= 15 is 0 Å². The van der Waals surface area contributed by atoms with Gasteiger partial charge < -0.3 is 4.74 Å². The Bertz CT molecular complexity index is 938. The van der Waals surface area contributed by atoms with Crippen LogP contribution in [0.5, 0.6) is 0 Å². The summed E-state index contributed by atoms with van der Waals surface area (Å²) < 4.78 is 30.4. The number of ether oxygens (including phenoxy) is 1. The molecule has 160 valence electrons. The quantitative estimate of drug-likeness (QED) is 0.529. The second-order valence-electron chi connectivity index (χ2n) is 7.39. The van der Waals surface area contributed by atoms with Crippen LogP contribution in [0.25, 0.3) is 0 Å². The Labute approximate surface area is 168 Å². The molecular weight excluding hydrogens is 404 g/mol. The summed E-state index contributed by atoms with van der Waals surface area (Å²) in [6.07, 6.45) is -1.13. The van der Waals surface area contributed by atoms with Gasteiger partial charge in [0.1, 0.15) is 11.3 Å². The van der Waals surface area contributed by atoms with Gasteiger partial charge in [0.15, 0.2) is 5.54 Å². The Hall–Kier alpha value is -2.54. The van der Waals surface area contributed by atoms with Gasteiger partial charge in [0, 0.05) is 12.6 Å². The van der Waals surface area contributed by atoms with Crippen molar-refractivity contribution in [2.45, 2.75) is 43.7 Å². The number of benzene rings is 1. The molecule has 0 aromatic heterocycles. The van der Waals surface area contributed by atoms with E-state index in [9.17, 15) is 23.2 Å². The highest BCUT2D eigenvalue weighted by Crippen LogP contribution is 2.27. The lowest BCUT2D eigenvalue weighted by molar-refractivity contribution is -0.155. The lowest BCUT2D eigenvalue weighted by atomic mass is 9.90. The van der Waals surface area contributed by atoms with Gasteiger partial charge in [0.2, 0.25) is 0 Å². The second-order valence-corrected chi connectivity index (χ2v) is 9.32. The van der Waals surface area contributed by atoms with Gasteiger partial charge in [-0.3, -0.25) is 14.8 Å². The summed E-state index contributed by atoms with van der Waals surface area (Å²) in [5.74, 6) is -0.753. The van der Waals surface area contributed by atoms with Crippen LogP contribution in [-0.4, -0.2) is 66.2 Å². The van der Waals surface area contributed by atoms with Gasteiger partial charge in [-0.1, -0.05) is 16.6 Å². The molecule has 0 radical (unpaired) electrons. The van der Waals surface area contributed by atoms with E-state index in [0.717, 1.165) is 0 Å². The van der Waals surface area contributed by atoms with E-state index in [2.05, 4.69) is 10.5 Å². The fourth-order valence-corrected chi connectivity index (χ4v) is 3.47. The summed E-state index contributed by atoms with van der Waals surface area (Å²) in [4.78, 5) is 29.3. The Morgan fingerprint density at radius 3 is 2.28 bits per heavy atom. The SMILES string of the molecule is CON(C)S(=O)(=O)c1ccc(C2=NNC(=O)C2(C)N(O)C(=O)OC(C)(C)C)cc1. The van der Waals surface area contributed by atoms with Crippen LogP contribution in [0, 0.1) is 0 Å². The summed E-state index contributed by atoms with van der Waals surface area (Å²) in [6.45, 7) is 6.13. The molecule has 0 aliphatic carbocycles. The second kappa shape index (κ2) is 7.71. The maximum absolute atomic E-state index is 12.4. The summed E-state index contributed by atoms with van der Waals surface area (Å²) in [5.41, 5.74) is -0.233. The molecule has 0 fully saturated rings. The first-order chi connectivity index (χ1) is 13.2. The molecule has 0 spiro atoms. The maximum Gasteiger partial charge on any atom is 0.435 e. The van der Waals surface area contributed by atoms with E-state index in [4.69, 9.17) is 9.57 Å². The minimum atomic E-state index is -3.86. The van der Waals surface area contributed by atoms with Crippen LogP contribution in [-0.2, 0) is 24.4 Å². The molecule has 1 aromatic rings. The number of hydrogen-bond donors (Lipinski definition) is 2. The van der Waals surface area contributed by atoms with Crippen molar-refractivity contribution >= 4 is 27.7 Å². The van der Waals surface area contributed by atoms with Crippen LogP contribution in [0.15, 0.2) is 34.3 Å². The molecule has 29 heavy (non-hydrogen) atoms. The number of nitrogens with one attached hydrogen (secondary N) is 1. The third kappa shape index (κ3) is 4.24. The molecule has 2 N–H and O–H groups in total. The van der Waals surface area contributed by atoms with Crippen molar-refractivity contribution in [1.82, 2.24) is 15.0 Å². The Balaban J connectivity index is 2.39. The Morgan fingerprint density at radius 2 is 1.79 bits per heavy atom. The molecule has 1 aliphatic heterocycles. The van der Waals surface area contributed by atoms with E-state index < -0.39 is 33.2 Å². The average Bonchev–Trinajstić information content (AvgIpc) is 2.94. The van der Waals surface area contributed by atoms with Gasteiger partial charge in [-0.2, -0.15) is 10.2 Å². The van der Waals surface area contributed by atoms with Gasteiger partial charge in [0.05, 0.1) is 12.0 Å². The van der Waals surface area contributed by atoms with Crippen molar-refractivity contribution in [1.29, 1.82) is 0 Å². The monoisotopic (exact) mass is 428 g/mol. The smallest absolute Gasteiger partial charge is 0.435 e. The van der Waals surface area contributed by atoms with Crippen LogP contribution < -0.4 is 5.43 Å². The highest BCUT2D eigenvalue weighted by atomic mass is 32.2. The maximum atomic E-state index is 12.4. The van der Waals surface area contributed by atoms with Crippen LogP contribution in [0.2, 0.25) is 0 Å². The zero-order valence-corrected chi connectivity index (χ0v) is 17.8. The molecule has 2 amide bonds. The molecule has 0 saturated carbocycles. The lowest BCUT2D eigenvalue weighted by Gasteiger charge is -2.33. The molecule has 12 heteroatoms. The predicted molar refractivity (Wildman–Crippen MR) is 101 cm³/mol. The summed E-state index contributed by atoms with van der Waals surface area (Å²) in [7, 11) is -1.40. The minimum Gasteiger partial charge on any atom is -0.442 e. The van der Waals surface area contributed by atoms with Crippen molar-refractivity contribution in [3.05, 3.63) is 29.8 Å². The zero-order chi connectivity index (χ0) is 22.2. The fraction of sp³-hybridized carbons (Fsp3) is 0.471. The van der Waals surface area contributed by atoms with Crippen LogP contribution in [0.3, 0.4) is 0 Å². The van der Waals surface area contributed by atoms with Crippen molar-refractivity contribution in [2.24, 2.45) is 5.10 Å². The van der Waals surface area contributed by atoms with Gasteiger partial charge in [-0.25, -0.2) is 18.6 Å². The molecule has 1 heterocycles. The molecule has 1 unspecified atom stereocenters. The normalized spacial score (nSPS) is 19.7. The number of hydroxylamine groups is 3. The highest BCUT2D eigenvalue weighted by Gasteiger charge is 2.52. The Morgan fingerprint density at radius 1 is 1.24 bits per heavy atom. The van der Waals surface area contributed by atoms with Gasteiger partial charge in [-0.15, -0.1) is 0 Å². The van der Waals surface area contributed by atoms with E-state index in [1.54, 1.807) is 20.8 Å². The van der Waals surface area contributed by atoms with Gasteiger partial charge in [0.25, 0.3) is 15.9 Å². The molecule has 2 rings (SSSR count). The topological polar surface area (TPSA) is 138 Å². The molecular formula is C17H24N4O7S. The van der Waals surface area contributed by atoms with Crippen LogP contribution >= 0.6 is 0 Å². The van der Waals surface area contributed by atoms with E-state index in [0.29, 0.717) is 10.0 Å². The zero-order valence-electron chi connectivity index (χ0n) is 17.0. The van der Waals surface area contributed by atoms with E-state index in [1.807, 2.05) is 0 Å². The van der Waals surface area contributed by atoms with Gasteiger partial charge in [-0.05, 0) is 39.8 Å². The third-order valence-electron chi connectivity index (χ3n) is 4.18. The molecule has 1 aromatic carbocycles. The first kappa shape index (κ1) is 22.7. The van der Waals surface area contributed by atoms with Crippen molar-refractivity contribution < 1.29 is 32.8 Å². The number of amides is 2. The number of carbonyl (C=O) groups excluding carboxylic acids is 2. The van der Waals surface area contributed by atoms with Crippen molar-refractivity contribution in [3.8, 4) is 0 Å². The predicted octanol–water partition coefficient (Wildman–Crippen LogP) is 1.09. The van der Waals surface area contributed by atoms with Crippen LogP contribution in [0.1, 0.15) is 33.3 Å². The number of rotatable bonds is 5. The first-order valence-electron chi connectivity index (χ1n) is 8.49. The van der Waals surface area contributed by atoms with Crippen molar-refractivity contribution in [2.75, 3.05) is 14.2 Å². The minimum absolute atomic E-state index is 0.0138. The average molecular weight is 428 g/mol. The summed E-state index contributed by atoms with van der Waals surface area (Å²) in [6, 6.07) is 5.38. The first-order valence-corrected chi connectivity index (χ1v) is 9.93. The number of hydrazone groups is 1. The molecule has 1 atom stereocenters. The van der Waals surface area contributed by atoms with E-state index in [1.165, 1.54) is 45.3 Å². The van der Waals surface area contributed by atoms with E-state index in [-0.39, 0.29) is 15.7 Å². The Kier molecular flexibility index (Phi) is 6.04. The molecule has 1 aliphatic rings. The van der Waals surface area contributed by atoms with Crippen molar-refractivity contribution in [3.63, 3.8) is 0 Å². The molecule has 0 bridgehead atoms. The standard InChI is InChI=1S/C17H24N4O7S/c1-16(2,3)28-15(23)21(24)17(4)13(18-19-14(17)22)11-7-9-12(10-8-11)29(25,26)20(5)27-6/h7-10,24H,1-6H3,(H,19,22). The number of nitrogens with zero attached hydrogens (tertiary/aromatic N) is 3. The highest BCUT2D eigenvalue weighted by molar-refractivity contribution is 7.89. The van der Waals surface area contributed by atoms with Gasteiger partial charge >= 0.3 is 6.09 Å². The summed E-state index contributed by atoms with van der Waals surface area (Å²) in [5, 5.41) is 14.5. The van der Waals surface area contributed by atoms with Crippen LogP contribution in [0.4, 0.5) is 4.79 Å². The number of hydrogen-bond acceptors (Lipinski definition) is 8. The number of sulfonamides is 1. The third-order valence-corrected chi connectivity index (χ3v) is 5.88. The fourth-order valence-electron chi connectivity index (χ4n) is 2.49.